The Bertz CT molecular complexity index is 528. The van der Waals surface area contributed by atoms with Crippen molar-refractivity contribution in [2.24, 2.45) is 0 Å². The van der Waals surface area contributed by atoms with E-state index < -0.39 is 0 Å². The Balaban J connectivity index is 2.02. The molecule has 18 heavy (non-hydrogen) atoms. The van der Waals surface area contributed by atoms with Gasteiger partial charge in [-0.25, -0.2) is 4.39 Å². The molecule has 0 aliphatic carbocycles. The molecule has 0 atom stereocenters. The molecule has 2 aromatic carbocycles. The average Bonchev–Trinajstić information content (AvgIpc) is 2.38. The van der Waals surface area contributed by atoms with E-state index in [1.54, 1.807) is 13.2 Å². The van der Waals surface area contributed by atoms with Crippen LogP contribution in [0.15, 0.2) is 46.9 Å². The monoisotopic (exact) mass is 309 g/mol. The Morgan fingerprint density at radius 2 is 1.89 bits per heavy atom. The number of benzene rings is 2. The largest absolute Gasteiger partial charge is 0.497 e. The molecule has 0 aliphatic rings. The minimum absolute atomic E-state index is 0.217. The predicted molar refractivity (Wildman–Crippen MR) is 74.4 cm³/mol. The standard InChI is InChI=1S/C14H13BrFNO/c1-18-13-6-4-12(5-7-13)17-9-10-2-3-11(15)8-14(10)16/h2-8,17H,9H2,1H3. The summed E-state index contributed by atoms with van der Waals surface area (Å²) in [5.41, 5.74) is 1.56. The molecule has 0 aliphatic heterocycles. The third-order valence-electron chi connectivity index (χ3n) is 2.59. The first-order valence-electron chi connectivity index (χ1n) is 5.51. The normalized spacial score (nSPS) is 10.2. The number of rotatable bonds is 4. The van der Waals surface area contributed by atoms with Crippen LogP contribution in [0.1, 0.15) is 5.56 Å². The maximum Gasteiger partial charge on any atom is 0.129 e. The van der Waals surface area contributed by atoms with Crippen molar-refractivity contribution in [1.82, 2.24) is 0 Å². The van der Waals surface area contributed by atoms with E-state index >= 15 is 0 Å². The fourth-order valence-corrected chi connectivity index (χ4v) is 1.90. The number of hydrogen-bond acceptors (Lipinski definition) is 2. The molecule has 0 saturated carbocycles. The average molecular weight is 310 g/mol. The summed E-state index contributed by atoms with van der Waals surface area (Å²) in [4.78, 5) is 0. The summed E-state index contributed by atoms with van der Waals surface area (Å²) >= 11 is 3.23. The fourth-order valence-electron chi connectivity index (χ4n) is 1.57. The van der Waals surface area contributed by atoms with Crippen molar-refractivity contribution in [3.63, 3.8) is 0 Å². The lowest BCUT2D eigenvalue weighted by Gasteiger charge is -2.08. The molecule has 0 amide bonds. The van der Waals surface area contributed by atoms with Crippen molar-refractivity contribution in [3.8, 4) is 5.75 Å². The van der Waals surface area contributed by atoms with Gasteiger partial charge < -0.3 is 10.1 Å². The first-order chi connectivity index (χ1) is 8.69. The summed E-state index contributed by atoms with van der Waals surface area (Å²) in [5, 5.41) is 3.16. The van der Waals surface area contributed by atoms with Crippen molar-refractivity contribution in [3.05, 3.63) is 58.3 Å². The van der Waals surface area contributed by atoms with Crippen LogP contribution in [0.25, 0.3) is 0 Å². The summed E-state index contributed by atoms with van der Waals surface area (Å²) in [6.07, 6.45) is 0. The van der Waals surface area contributed by atoms with Crippen LogP contribution in [0.4, 0.5) is 10.1 Å². The molecule has 4 heteroatoms. The molecule has 0 aromatic heterocycles. The van der Waals surface area contributed by atoms with Crippen molar-refractivity contribution < 1.29 is 9.13 Å². The zero-order valence-corrected chi connectivity index (χ0v) is 11.5. The van der Waals surface area contributed by atoms with Crippen LogP contribution in [0.3, 0.4) is 0 Å². The molecule has 94 valence electrons. The summed E-state index contributed by atoms with van der Waals surface area (Å²) in [6.45, 7) is 0.450. The van der Waals surface area contributed by atoms with Gasteiger partial charge in [0.2, 0.25) is 0 Å². The van der Waals surface area contributed by atoms with E-state index in [1.807, 2.05) is 30.3 Å². The second-order valence-corrected chi connectivity index (χ2v) is 4.73. The van der Waals surface area contributed by atoms with Gasteiger partial charge in [0.05, 0.1) is 7.11 Å². The van der Waals surface area contributed by atoms with Crippen LogP contribution in [0, 0.1) is 5.82 Å². The maximum absolute atomic E-state index is 13.6. The van der Waals surface area contributed by atoms with Crippen LogP contribution < -0.4 is 10.1 Å². The zero-order chi connectivity index (χ0) is 13.0. The predicted octanol–water partition coefficient (Wildman–Crippen LogP) is 4.21. The van der Waals surface area contributed by atoms with E-state index in [1.165, 1.54) is 6.07 Å². The highest BCUT2D eigenvalue weighted by atomic mass is 79.9. The Morgan fingerprint density at radius 1 is 1.17 bits per heavy atom. The van der Waals surface area contributed by atoms with Gasteiger partial charge in [-0.1, -0.05) is 22.0 Å². The summed E-state index contributed by atoms with van der Waals surface area (Å²) in [7, 11) is 1.62. The van der Waals surface area contributed by atoms with Crippen LogP contribution >= 0.6 is 15.9 Å². The smallest absolute Gasteiger partial charge is 0.129 e. The highest BCUT2D eigenvalue weighted by Gasteiger charge is 2.02. The number of halogens is 2. The Morgan fingerprint density at radius 3 is 2.50 bits per heavy atom. The van der Waals surface area contributed by atoms with Gasteiger partial charge in [0, 0.05) is 22.3 Å². The van der Waals surface area contributed by atoms with E-state index in [0.29, 0.717) is 12.1 Å². The molecule has 0 fully saturated rings. The highest BCUT2D eigenvalue weighted by Crippen LogP contribution is 2.18. The lowest BCUT2D eigenvalue weighted by Crippen LogP contribution is -2.01. The van der Waals surface area contributed by atoms with Gasteiger partial charge in [-0.2, -0.15) is 0 Å². The lowest BCUT2D eigenvalue weighted by molar-refractivity contribution is 0.415. The molecule has 1 N–H and O–H groups in total. The Kier molecular flexibility index (Phi) is 4.20. The van der Waals surface area contributed by atoms with E-state index in [2.05, 4.69) is 21.2 Å². The SMILES string of the molecule is COc1ccc(NCc2ccc(Br)cc2F)cc1. The summed E-state index contributed by atoms with van der Waals surface area (Å²) < 4.78 is 19.4. The maximum atomic E-state index is 13.6. The highest BCUT2D eigenvalue weighted by molar-refractivity contribution is 9.10. The number of nitrogens with one attached hydrogen (secondary N) is 1. The van der Waals surface area contributed by atoms with Gasteiger partial charge in [0.15, 0.2) is 0 Å². The molecule has 0 radical (unpaired) electrons. The van der Waals surface area contributed by atoms with Gasteiger partial charge in [-0.05, 0) is 36.4 Å². The second-order valence-electron chi connectivity index (χ2n) is 3.82. The first-order valence-corrected chi connectivity index (χ1v) is 6.30. The number of anilines is 1. The molecule has 2 aromatic rings. The molecule has 0 spiro atoms. The van der Waals surface area contributed by atoms with Crippen LogP contribution in [0.5, 0.6) is 5.75 Å². The third kappa shape index (κ3) is 3.23. The molecule has 0 heterocycles. The van der Waals surface area contributed by atoms with Crippen molar-refractivity contribution in [2.45, 2.75) is 6.54 Å². The minimum Gasteiger partial charge on any atom is -0.497 e. The second kappa shape index (κ2) is 5.87. The van der Waals surface area contributed by atoms with Crippen LogP contribution in [-0.2, 0) is 6.54 Å². The van der Waals surface area contributed by atoms with E-state index in [-0.39, 0.29) is 5.82 Å². The minimum atomic E-state index is -0.217. The topological polar surface area (TPSA) is 21.3 Å². The number of hydrogen-bond donors (Lipinski definition) is 1. The van der Waals surface area contributed by atoms with E-state index in [0.717, 1.165) is 15.9 Å². The van der Waals surface area contributed by atoms with Gasteiger partial charge in [0.25, 0.3) is 0 Å². The number of ether oxygens (including phenoxy) is 1. The molecular formula is C14H13BrFNO. The third-order valence-corrected chi connectivity index (χ3v) is 3.08. The Labute approximate surface area is 114 Å². The first kappa shape index (κ1) is 12.9. The van der Waals surface area contributed by atoms with E-state index in [9.17, 15) is 4.39 Å². The van der Waals surface area contributed by atoms with Crippen LogP contribution in [0.2, 0.25) is 0 Å². The molecule has 0 bridgehead atoms. The zero-order valence-electron chi connectivity index (χ0n) is 9.91. The van der Waals surface area contributed by atoms with Gasteiger partial charge >= 0.3 is 0 Å². The molecule has 0 unspecified atom stereocenters. The Hall–Kier alpha value is -1.55. The molecular weight excluding hydrogens is 297 g/mol. The van der Waals surface area contributed by atoms with Crippen molar-refractivity contribution >= 4 is 21.6 Å². The fraction of sp³-hybridized carbons (Fsp3) is 0.143. The quantitative estimate of drug-likeness (QED) is 0.913. The van der Waals surface area contributed by atoms with E-state index in [4.69, 9.17) is 4.74 Å². The van der Waals surface area contributed by atoms with Crippen molar-refractivity contribution in [2.75, 3.05) is 12.4 Å². The summed E-state index contributed by atoms with van der Waals surface area (Å²) in [5.74, 6) is 0.584. The van der Waals surface area contributed by atoms with Gasteiger partial charge in [-0.3, -0.25) is 0 Å². The van der Waals surface area contributed by atoms with Gasteiger partial charge in [-0.15, -0.1) is 0 Å². The van der Waals surface area contributed by atoms with Crippen molar-refractivity contribution in [1.29, 1.82) is 0 Å². The molecule has 2 rings (SSSR count). The lowest BCUT2D eigenvalue weighted by atomic mass is 10.2. The number of methoxy groups -OCH3 is 1. The van der Waals surface area contributed by atoms with Crippen LogP contribution in [-0.4, -0.2) is 7.11 Å². The van der Waals surface area contributed by atoms with Gasteiger partial charge in [0.1, 0.15) is 11.6 Å². The molecule has 0 saturated heterocycles. The summed E-state index contributed by atoms with van der Waals surface area (Å²) in [6, 6.07) is 12.6. The molecule has 2 nitrogen and oxygen atoms in total.